The van der Waals surface area contributed by atoms with Crippen LogP contribution in [0.25, 0.3) is 0 Å². The van der Waals surface area contributed by atoms with E-state index in [1.165, 1.54) is 12.8 Å². The van der Waals surface area contributed by atoms with E-state index >= 15 is 0 Å². The highest BCUT2D eigenvalue weighted by Gasteiger charge is 2.16. The van der Waals surface area contributed by atoms with E-state index in [0.717, 1.165) is 5.92 Å². The first-order chi connectivity index (χ1) is 3.43. The average Bonchev–Trinajstić information content (AvgIpc) is 2.42. The van der Waals surface area contributed by atoms with Crippen molar-refractivity contribution in [2.24, 2.45) is 5.92 Å². The summed E-state index contributed by atoms with van der Waals surface area (Å²) in [5.41, 5.74) is 0. The molecule has 0 N–H and O–H groups in total. The van der Waals surface area contributed by atoms with Crippen molar-refractivity contribution < 1.29 is 0 Å². The molecular formula is C6H10S. The van der Waals surface area contributed by atoms with E-state index in [4.69, 9.17) is 0 Å². The molecule has 0 bridgehead atoms. The first-order valence-electron chi connectivity index (χ1n) is 2.63. The third-order valence-electron chi connectivity index (χ3n) is 1.11. The summed E-state index contributed by atoms with van der Waals surface area (Å²) in [4.78, 5) is 0. The Hall–Kier alpha value is 0.0900. The van der Waals surface area contributed by atoms with Crippen molar-refractivity contribution in [2.45, 2.75) is 12.8 Å². The van der Waals surface area contributed by atoms with Crippen LogP contribution in [0.15, 0.2) is 11.5 Å². The minimum atomic E-state index is 0.951. The van der Waals surface area contributed by atoms with Crippen LogP contribution in [-0.2, 0) is 0 Å². The largest absolute Gasteiger partial charge is 0.138 e. The van der Waals surface area contributed by atoms with Gasteiger partial charge in [0.15, 0.2) is 0 Å². The molecule has 7 heavy (non-hydrogen) atoms. The summed E-state index contributed by atoms with van der Waals surface area (Å²) in [7, 11) is 0. The summed E-state index contributed by atoms with van der Waals surface area (Å²) in [5.74, 6) is 0.951. The molecule has 0 aliphatic heterocycles. The molecule has 1 fully saturated rings. The van der Waals surface area contributed by atoms with Crippen LogP contribution in [0.4, 0.5) is 0 Å². The van der Waals surface area contributed by atoms with Crippen LogP contribution < -0.4 is 0 Å². The SMILES string of the molecule is CS/C=C/C1CC1. The molecule has 1 saturated carbocycles. The maximum atomic E-state index is 2.30. The molecule has 1 aliphatic rings. The second-order valence-corrected chi connectivity index (χ2v) is 2.65. The van der Waals surface area contributed by atoms with Crippen molar-refractivity contribution in [3.8, 4) is 0 Å². The average molecular weight is 114 g/mol. The first kappa shape index (κ1) is 5.23. The molecule has 40 valence electrons. The first-order valence-corrected chi connectivity index (χ1v) is 3.92. The zero-order valence-corrected chi connectivity index (χ0v) is 5.37. The minimum absolute atomic E-state index is 0.951. The van der Waals surface area contributed by atoms with Gasteiger partial charge in [-0.25, -0.2) is 0 Å². The molecule has 0 saturated heterocycles. The molecule has 0 amide bonds. The minimum Gasteiger partial charge on any atom is -0.138 e. The Balaban J connectivity index is 2.05. The van der Waals surface area contributed by atoms with Crippen LogP contribution >= 0.6 is 11.8 Å². The lowest BCUT2D eigenvalue weighted by atomic mass is 10.4. The third-order valence-corrected chi connectivity index (χ3v) is 1.54. The molecule has 0 aromatic heterocycles. The quantitative estimate of drug-likeness (QED) is 0.530. The molecule has 1 heteroatoms. The van der Waals surface area contributed by atoms with Crippen molar-refractivity contribution in [3.05, 3.63) is 11.5 Å². The fraction of sp³-hybridized carbons (Fsp3) is 0.667. The van der Waals surface area contributed by atoms with Gasteiger partial charge >= 0.3 is 0 Å². The summed E-state index contributed by atoms with van der Waals surface area (Å²) in [6.07, 6.45) is 7.25. The van der Waals surface area contributed by atoms with Gasteiger partial charge in [-0.15, -0.1) is 11.8 Å². The summed E-state index contributed by atoms with van der Waals surface area (Å²) >= 11 is 1.79. The molecule has 0 aromatic rings. The van der Waals surface area contributed by atoms with Gasteiger partial charge in [0, 0.05) is 0 Å². The summed E-state index contributed by atoms with van der Waals surface area (Å²) < 4.78 is 0. The van der Waals surface area contributed by atoms with Crippen LogP contribution in [0, 0.1) is 5.92 Å². The van der Waals surface area contributed by atoms with Gasteiger partial charge in [-0.1, -0.05) is 6.08 Å². The van der Waals surface area contributed by atoms with Crippen molar-refractivity contribution >= 4 is 11.8 Å². The molecule has 0 nitrogen and oxygen atoms in total. The highest BCUT2D eigenvalue weighted by Crippen LogP contribution is 2.30. The molecule has 0 unspecified atom stereocenters. The number of thioether (sulfide) groups is 1. The molecule has 0 atom stereocenters. The van der Waals surface area contributed by atoms with Gasteiger partial charge in [-0.3, -0.25) is 0 Å². The van der Waals surface area contributed by atoms with E-state index in [1.807, 2.05) is 0 Å². The lowest BCUT2D eigenvalue weighted by Crippen LogP contribution is -1.56. The van der Waals surface area contributed by atoms with Gasteiger partial charge in [-0.2, -0.15) is 0 Å². The van der Waals surface area contributed by atoms with Gasteiger partial charge in [0.05, 0.1) is 0 Å². The fourth-order valence-corrected chi connectivity index (χ4v) is 0.858. The highest BCUT2D eigenvalue weighted by atomic mass is 32.2. The van der Waals surface area contributed by atoms with Crippen molar-refractivity contribution in [2.75, 3.05) is 6.26 Å². The van der Waals surface area contributed by atoms with Crippen LogP contribution in [0.1, 0.15) is 12.8 Å². The van der Waals surface area contributed by atoms with Crippen LogP contribution in [-0.4, -0.2) is 6.26 Å². The molecular weight excluding hydrogens is 104 g/mol. The normalized spacial score (nSPS) is 21.3. The van der Waals surface area contributed by atoms with Crippen molar-refractivity contribution in [1.29, 1.82) is 0 Å². The molecule has 1 aliphatic carbocycles. The third kappa shape index (κ3) is 2.03. The summed E-state index contributed by atoms with van der Waals surface area (Å²) in [5, 5.41) is 2.18. The Morgan fingerprint density at radius 2 is 2.29 bits per heavy atom. The molecule has 0 aromatic carbocycles. The lowest BCUT2D eigenvalue weighted by Gasteiger charge is -1.75. The van der Waals surface area contributed by atoms with Gasteiger partial charge < -0.3 is 0 Å². The smallest absolute Gasteiger partial charge is 0.0142 e. The maximum absolute atomic E-state index is 2.30. The predicted molar refractivity (Wildman–Crippen MR) is 35.4 cm³/mol. The number of hydrogen-bond acceptors (Lipinski definition) is 1. The Morgan fingerprint density at radius 1 is 1.57 bits per heavy atom. The zero-order valence-electron chi connectivity index (χ0n) is 4.55. The van der Waals surface area contributed by atoms with Crippen LogP contribution in [0.5, 0.6) is 0 Å². The molecule has 0 heterocycles. The molecule has 0 radical (unpaired) electrons. The van der Waals surface area contributed by atoms with Crippen molar-refractivity contribution in [3.63, 3.8) is 0 Å². The van der Waals surface area contributed by atoms with E-state index in [9.17, 15) is 0 Å². The van der Waals surface area contributed by atoms with Crippen molar-refractivity contribution in [1.82, 2.24) is 0 Å². The van der Waals surface area contributed by atoms with E-state index in [1.54, 1.807) is 11.8 Å². The lowest BCUT2D eigenvalue weighted by molar-refractivity contribution is 1.13. The van der Waals surface area contributed by atoms with E-state index in [2.05, 4.69) is 17.7 Å². The molecule has 1 rings (SSSR count). The van der Waals surface area contributed by atoms with Gasteiger partial charge in [0.25, 0.3) is 0 Å². The second kappa shape index (κ2) is 2.41. The van der Waals surface area contributed by atoms with E-state index in [-0.39, 0.29) is 0 Å². The summed E-state index contributed by atoms with van der Waals surface area (Å²) in [6.45, 7) is 0. The second-order valence-electron chi connectivity index (χ2n) is 1.90. The molecule has 0 spiro atoms. The Morgan fingerprint density at radius 3 is 2.71 bits per heavy atom. The highest BCUT2D eigenvalue weighted by molar-refractivity contribution is 8.01. The summed E-state index contributed by atoms with van der Waals surface area (Å²) in [6, 6.07) is 0. The van der Waals surface area contributed by atoms with E-state index < -0.39 is 0 Å². The van der Waals surface area contributed by atoms with Crippen LogP contribution in [0.3, 0.4) is 0 Å². The Kier molecular flexibility index (Phi) is 1.80. The predicted octanol–water partition coefficient (Wildman–Crippen LogP) is 2.27. The van der Waals surface area contributed by atoms with Gasteiger partial charge in [0.1, 0.15) is 0 Å². The number of allylic oxidation sites excluding steroid dienone is 1. The Labute approximate surface area is 49.0 Å². The fourth-order valence-electron chi connectivity index (χ4n) is 0.478. The van der Waals surface area contributed by atoms with Gasteiger partial charge in [-0.05, 0) is 30.4 Å². The standard InChI is InChI=1S/C6H10S/c1-7-5-4-6-2-3-6/h4-6H,2-3H2,1H3/b5-4+. The number of hydrogen-bond donors (Lipinski definition) is 0. The van der Waals surface area contributed by atoms with Gasteiger partial charge in [0.2, 0.25) is 0 Å². The zero-order chi connectivity index (χ0) is 5.11. The Bertz CT molecular complexity index is 72.2. The monoisotopic (exact) mass is 114 g/mol. The topological polar surface area (TPSA) is 0 Å². The number of rotatable bonds is 2. The van der Waals surface area contributed by atoms with E-state index in [0.29, 0.717) is 0 Å². The van der Waals surface area contributed by atoms with Crippen LogP contribution in [0.2, 0.25) is 0 Å². The maximum Gasteiger partial charge on any atom is -0.0142 e.